The van der Waals surface area contributed by atoms with Gasteiger partial charge in [-0.25, -0.2) is 0 Å². The van der Waals surface area contributed by atoms with Crippen molar-refractivity contribution in [2.75, 3.05) is 0 Å². The van der Waals surface area contributed by atoms with Gasteiger partial charge in [-0.1, -0.05) is 45.3 Å². The molecule has 0 aromatic rings. The van der Waals surface area contributed by atoms with Gasteiger partial charge in [0.1, 0.15) is 0 Å². The molecule has 15 heavy (non-hydrogen) atoms. The second-order valence-electron chi connectivity index (χ2n) is 4.06. The monoisotopic (exact) mass is 210 g/mol. The fraction of sp³-hybridized carbons (Fsp3) is 0.733. The van der Waals surface area contributed by atoms with Gasteiger partial charge in [0.15, 0.2) is 0 Å². The first-order valence-electron chi connectivity index (χ1n) is 6.37. The average molecular weight is 210 g/mol. The summed E-state index contributed by atoms with van der Waals surface area (Å²) in [7, 11) is 0. The number of rotatable bonds is 4. The molecular weight excluding hydrogens is 180 g/mol. The minimum Gasteiger partial charge on any atom is -0.0730 e. The van der Waals surface area contributed by atoms with Gasteiger partial charge in [0.2, 0.25) is 0 Å². The largest absolute Gasteiger partial charge is 0.0730 e. The molecule has 0 radical (unpaired) electrons. The Balaban J connectivity index is 0. The fourth-order valence-corrected chi connectivity index (χ4v) is 1.82. The van der Waals surface area contributed by atoms with Crippen molar-refractivity contribution in [3.8, 4) is 0 Å². The summed E-state index contributed by atoms with van der Waals surface area (Å²) in [5.74, 6) is 0. The Kier molecular flexibility index (Phi) is 11.3. The summed E-state index contributed by atoms with van der Waals surface area (Å²) >= 11 is 0. The fourth-order valence-electron chi connectivity index (χ4n) is 1.82. The molecule has 0 aliphatic rings. The van der Waals surface area contributed by atoms with E-state index < -0.39 is 0 Å². The second-order valence-corrected chi connectivity index (χ2v) is 4.06. The van der Waals surface area contributed by atoms with Gasteiger partial charge in [-0.2, -0.15) is 0 Å². The summed E-state index contributed by atoms with van der Waals surface area (Å²) in [4.78, 5) is 0. The van der Waals surface area contributed by atoms with Crippen LogP contribution in [0, 0.1) is 0 Å². The van der Waals surface area contributed by atoms with Crippen molar-refractivity contribution in [1.82, 2.24) is 0 Å². The Hall–Kier alpha value is -0.520. The van der Waals surface area contributed by atoms with Crippen molar-refractivity contribution >= 4 is 0 Å². The van der Waals surface area contributed by atoms with Gasteiger partial charge in [0, 0.05) is 0 Å². The maximum absolute atomic E-state index is 2.25. The van der Waals surface area contributed by atoms with E-state index in [9.17, 15) is 0 Å². The maximum atomic E-state index is 2.25. The Labute approximate surface area is 97.5 Å². The van der Waals surface area contributed by atoms with E-state index >= 15 is 0 Å². The van der Waals surface area contributed by atoms with Crippen molar-refractivity contribution in [3.63, 3.8) is 0 Å². The van der Waals surface area contributed by atoms with Gasteiger partial charge in [0.25, 0.3) is 0 Å². The first kappa shape index (κ1) is 16.9. The Morgan fingerprint density at radius 2 is 1.13 bits per heavy atom. The molecule has 0 aromatic heterocycles. The third-order valence-corrected chi connectivity index (χ3v) is 2.42. The molecule has 0 heteroatoms. The van der Waals surface area contributed by atoms with E-state index in [2.05, 4.69) is 41.5 Å². The molecule has 0 heterocycles. The zero-order valence-electron chi connectivity index (χ0n) is 12.1. The van der Waals surface area contributed by atoms with Crippen LogP contribution >= 0.6 is 0 Å². The molecule has 0 amide bonds. The van der Waals surface area contributed by atoms with Crippen LogP contribution in [0.3, 0.4) is 0 Å². The molecule has 0 N–H and O–H groups in total. The van der Waals surface area contributed by atoms with Gasteiger partial charge < -0.3 is 0 Å². The molecule has 0 unspecified atom stereocenters. The summed E-state index contributed by atoms with van der Waals surface area (Å²) in [6, 6.07) is 0. The number of hydrogen-bond donors (Lipinski definition) is 0. The smallest absolute Gasteiger partial charge is 0.0279 e. The first-order valence-corrected chi connectivity index (χ1v) is 6.37. The minimum absolute atomic E-state index is 1.17. The molecule has 0 atom stereocenters. The first-order chi connectivity index (χ1) is 7.04. The second kappa shape index (κ2) is 10.0. The van der Waals surface area contributed by atoms with E-state index in [-0.39, 0.29) is 0 Å². The highest BCUT2D eigenvalue weighted by molar-refractivity contribution is 5.36. The van der Waals surface area contributed by atoms with Crippen molar-refractivity contribution < 1.29 is 0 Å². The van der Waals surface area contributed by atoms with Crippen molar-refractivity contribution in [1.29, 1.82) is 0 Å². The molecular formula is C15H30. The van der Waals surface area contributed by atoms with Gasteiger partial charge >= 0.3 is 0 Å². The predicted octanol–water partition coefficient (Wildman–Crippen LogP) is 5.90. The van der Waals surface area contributed by atoms with Crippen LogP contribution in [0.25, 0.3) is 0 Å². The van der Waals surface area contributed by atoms with Crippen LogP contribution in [0.1, 0.15) is 74.7 Å². The lowest BCUT2D eigenvalue weighted by atomic mass is 9.92. The zero-order chi connectivity index (χ0) is 12.4. The lowest BCUT2D eigenvalue weighted by Gasteiger charge is -2.14. The van der Waals surface area contributed by atoms with E-state index in [0.717, 1.165) is 0 Å². The van der Waals surface area contributed by atoms with E-state index in [0.29, 0.717) is 0 Å². The number of hydrogen-bond acceptors (Lipinski definition) is 0. The van der Waals surface area contributed by atoms with Gasteiger partial charge in [-0.15, -0.1) is 0 Å². The molecule has 0 nitrogen and oxygen atoms in total. The minimum atomic E-state index is 1.17. The lowest BCUT2D eigenvalue weighted by Crippen LogP contribution is -1.94. The van der Waals surface area contributed by atoms with Gasteiger partial charge in [0.05, 0.1) is 0 Å². The van der Waals surface area contributed by atoms with Crippen LogP contribution in [-0.2, 0) is 0 Å². The normalized spacial score (nSPS) is 8.80. The van der Waals surface area contributed by atoms with Gasteiger partial charge in [-0.3, -0.25) is 0 Å². The van der Waals surface area contributed by atoms with E-state index in [1.165, 1.54) is 30.4 Å². The third-order valence-electron chi connectivity index (χ3n) is 2.42. The molecule has 0 saturated carbocycles. The summed E-state index contributed by atoms with van der Waals surface area (Å²) in [5, 5.41) is 0. The standard InChI is InChI=1S/C13H24.C2H6/c1-7-9-13(11(5)6)12(8-2)10(3)4;1-2/h7-9H2,1-6H3;1-2H3. The SMILES string of the molecule is CC.CCCC(=C(C)C)C(CC)=C(C)C. The molecule has 0 rings (SSSR count). The summed E-state index contributed by atoms with van der Waals surface area (Å²) < 4.78 is 0. The highest BCUT2D eigenvalue weighted by Gasteiger charge is 2.05. The highest BCUT2D eigenvalue weighted by atomic mass is 14.1. The van der Waals surface area contributed by atoms with Crippen LogP contribution in [0.4, 0.5) is 0 Å². The van der Waals surface area contributed by atoms with Crippen molar-refractivity contribution in [3.05, 3.63) is 22.3 Å². The Bertz CT molecular complexity index is 208. The van der Waals surface area contributed by atoms with Crippen LogP contribution in [0.15, 0.2) is 22.3 Å². The molecule has 0 bridgehead atoms. The summed E-state index contributed by atoms with van der Waals surface area (Å²) in [6.07, 6.45) is 3.65. The quantitative estimate of drug-likeness (QED) is 0.507. The lowest BCUT2D eigenvalue weighted by molar-refractivity contribution is 0.871. The maximum Gasteiger partial charge on any atom is -0.0279 e. The Morgan fingerprint density at radius 3 is 1.33 bits per heavy atom. The zero-order valence-corrected chi connectivity index (χ0v) is 12.1. The summed E-state index contributed by atoms with van der Waals surface area (Å²) in [5.41, 5.74) is 6.12. The van der Waals surface area contributed by atoms with Crippen LogP contribution < -0.4 is 0 Å². The van der Waals surface area contributed by atoms with Crippen molar-refractivity contribution in [2.45, 2.75) is 74.7 Å². The topological polar surface area (TPSA) is 0 Å². The average Bonchev–Trinajstić information content (AvgIpc) is 2.20. The van der Waals surface area contributed by atoms with Gasteiger partial charge in [-0.05, 0) is 51.7 Å². The Morgan fingerprint density at radius 1 is 0.733 bits per heavy atom. The summed E-state index contributed by atoms with van der Waals surface area (Å²) in [6.45, 7) is 17.4. The molecule has 0 saturated heterocycles. The third kappa shape index (κ3) is 6.54. The molecule has 0 aliphatic carbocycles. The van der Waals surface area contributed by atoms with Crippen LogP contribution in [0.5, 0.6) is 0 Å². The predicted molar refractivity (Wildman–Crippen MR) is 73.3 cm³/mol. The molecule has 90 valence electrons. The van der Waals surface area contributed by atoms with Crippen molar-refractivity contribution in [2.24, 2.45) is 0 Å². The van der Waals surface area contributed by atoms with Crippen LogP contribution in [0.2, 0.25) is 0 Å². The van der Waals surface area contributed by atoms with Crippen LogP contribution in [-0.4, -0.2) is 0 Å². The highest BCUT2D eigenvalue weighted by Crippen LogP contribution is 2.25. The molecule has 0 fully saturated rings. The van der Waals surface area contributed by atoms with E-state index in [1.807, 2.05) is 13.8 Å². The molecule has 0 spiro atoms. The number of allylic oxidation sites excluding steroid dienone is 4. The van der Waals surface area contributed by atoms with E-state index in [1.54, 1.807) is 11.1 Å². The molecule has 0 aliphatic heterocycles. The molecule has 0 aromatic carbocycles. The van der Waals surface area contributed by atoms with E-state index in [4.69, 9.17) is 0 Å².